The van der Waals surface area contributed by atoms with E-state index in [-0.39, 0.29) is 5.69 Å². The molecule has 2 aromatic carbocycles. The molecular weight excluding hydrogens is 258 g/mol. The summed E-state index contributed by atoms with van der Waals surface area (Å²) in [5.41, 5.74) is 2.08. The third-order valence-corrected chi connectivity index (χ3v) is 3.12. The molecule has 0 atom stereocenters. The summed E-state index contributed by atoms with van der Waals surface area (Å²) < 4.78 is 26.5. The molecule has 0 amide bonds. The standard InChI is InChI=1S/C16H12F2N2/c1-10-8-16(19-14-5-3-2-4-12(10)14)20-15-7-6-11(17)9-13(15)18/h2-9H,1H3,(H,19,20). The summed E-state index contributed by atoms with van der Waals surface area (Å²) >= 11 is 0. The van der Waals surface area contributed by atoms with Gasteiger partial charge in [-0.15, -0.1) is 0 Å². The summed E-state index contributed by atoms with van der Waals surface area (Å²) in [7, 11) is 0. The zero-order valence-corrected chi connectivity index (χ0v) is 10.8. The Balaban J connectivity index is 2.02. The Labute approximate surface area is 115 Å². The maximum Gasteiger partial charge on any atom is 0.149 e. The molecule has 100 valence electrons. The van der Waals surface area contributed by atoms with Gasteiger partial charge in [0.05, 0.1) is 11.2 Å². The summed E-state index contributed by atoms with van der Waals surface area (Å²) in [5, 5.41) is 3.93. The maximum atomic E-state index is 13.6. The minimum Gasteiger partial charge on any atom is -0.338 e. The molecule has 1 N–H and O–H groups in total. The van der Waals surface area contributed by atoms with Crippen molar-refractivity contribution in [2.24, 2.45) is 0 Å². The average molecular weight is 270 g/mol. The number of hydrogen-bond donors (Lipinski definition) is 1. The zero-order chi connectivity index (χ0) is 14.1. The normalized spacial score (nSPS) is 10.8. The predicted molar refractivity (Wildman–Crippen MR) is 76.1 cm³/mol. The molecule has 0 spiro atoms. The van der Waals surface area contributed by atoms with Crippen molar-refractivity contribution < 1.29 is 8.78 Å². The molecule has 0 aliphatic heterocycles. The Morgan fingerprint density at radius 1 is 1.00 bits per heavy atom. The second-order valence-corrected chi connectivity index (χ2v) is 4.59. The largest absolute Gasteiger partial charge is 0.338 e. The van der Waals surface area contributed by atoms with Gasteiger partial charge in [0.1, 0.15) is 17.5 Å². The second kappa shape index (κ2) is 4.89. The fourth-order valence-corrected chi connectivity index (χ4v) is 2.14. The topological polar surface area (TPSA) is 24.9 Å². The molecule has 0 bridgehead atoms. The first-order valence-electron chi connectivity index (χ1n) is 6.22. The van der Waals surface area contributed by atoms with Crippen LogP contribution < -0.4 is 5.32 Å². The van der Waals surface area contributed by atoms with Crippen molar-refractivity contribution in [1.29, 1.82) is 0 Å². The first-order valence-corrected chi connectivity index (χ1v) is 6.22. The van der Waals surface area contributed by atoms with Crippen LogP contribution in [0.3, 0.4) is 0 Å². The van der Waals surface area contributed by atoms with Crippen molar-refractivity contribution in [1.82, 2.24) is 4.98 Å². The number of nitrogens with one attached hydrogen (secondary N) is 1. The molecule has 20 heavy (non-hydrogen) atoms. The third kappa shape index (κ3) is 2.32. The molecule has 2 nitrogen and oxygen atoms in total. The smallest absolute Gasteiger partial charge is 0.149 e. The Hall–Kier alpha value is -2.49. The highest BCUT2D eigenvalue weighted by atomic mass is 19.1. The van der Waals surface area contributed by atoms with Crippen LogP contribution in [0.4, 0.5) is 20.3 Å². The first-order chi connectivity index (χ1) is 9.63. The average Bonchev–Trinajstić information content (AvgIpc) is 2.42. The van der Waals surface area contributed by atoms with Gasteiger partial charge in [0.2, 0.25) is 0 Å². The Bertz CT molecular complexity index is 785. The molecular formula is C16H12F2N2. The summed E-state index contributed by atoms with van der Waals surface area (Å²) in [6.45, 7) is 1.97. The van der Waals surface area contributed by atoms with E-state index in [0.717, 1.165) is 22.5 Å². The number of hydrogen-bond acceptors (Lipinski definition) is 2. The van der Waals surface area contributed by atoms with Crippen molar-refractivity contribution in [3.63, 3.8) is 0 Å². The molecule has 0 aliphatic carbocycles. The second-order valence-electron chi connectivity index (χ2n) is 4.59. The molecule has 0 unspecified atom stereocenters. The first kappa shape index (κ1) is 12.5. The minimum atomic E-state index is -0.641. The lowest BCUT2D eigenvalue weighted by atomic mass is 10.1. The van der Waals surface area contributed by atoms with Crippen molar-refractivity contribution in [3.05, 3.63) is 65.7 Å². The van der Waals surface area contributed by atoms with E-state index in [1.807, 2.05) is 37.3 Å². The van der Waals surface area contributed by atoms with Gasteiger partial charge in [0, 0.05) is 11.5 Å². The number of benzene rings is 2. The van der Waals surface area contributed by atoms with E-state index in [1.54, 1.807) is 0 Å². The van der Waals surface area contributed by atoms with E-state index in [4.69, 9.17) is 0 Å². The van der Waals surface area contributed by atoms with E-state index >= 15 is 0 Å². The van der Waals surface area contributed by atoms with Crippen molar-refractivity contribution >= 4 is 22.4 Å². The fourth-order valence-electron chi connectivity index (χ4n) is 2.14. The molecule has 3 rings (SSSR count). The van der Waals surface area contributed by atoms with Gasteiger partial charge in [-0.1, -0.05) is 18.2 Å². The van der Waals surface area contributed by atoms with Crippen LogP contribution >= 0.6 is 0 Å². The lowest BCUT2D eigenvalue weighted by molar-refractivity contribution is 0.586. The highest BCUT2D eigenvalue weighted by Crippen LogP contribution is 2.24. The van der Waals surface area contributed by atoms with E-state index in [0.29, 0.717) is 5.82 Å². The molecule has 1 heterocycles. The van der Waals surface area contributed by atoms with Crippen LogP contribution in [0, 0.1) is 18.6 Å². The van der Waals surface area contributed by atoms with Crippen LogP contribution in [0.15, 0.2) is 48.5 Å². The SMILES string of the molecule is Cc1cc(Nc2ccc(F)cc2F)nc2ccccc12. The van der Waals surface area contributed by atoms with Crippen LogP contribution in [0.25, 0.3) is 10.9 Å². The summed E-state index contributed by atoms with van der Waals surface area (Å²) in [6.07, 6.45) is 0. The van der Waals surface area contributed by atoms with E-state index in [1.165, 1.54) is 12.1 Å². The highest BCUT2D eigenvalue weighted by Gasteiger charge is 2.06. The predicted octanol–water partition coefficient (Wildman–Crippen LogP) is 4.57. The number of fused-ring (bicyclic) bond motifs is 1. The summed E-state index contributed by atoms with van der Waals surface area (Å²) in [5.74, 6) is -0.708. The van der Waals surface area contributed by atoms with Gasteiger partial charge in [0.25, 0.3) is 0 Å². The van der Waals surface area contributed by atoms with Gasteiger partial charge >= 0.3 is 0 Å². The van der Waals surface area contributed by atoms with Crippen molar-refractivity contribution in [2.45, 2.75) is 6.92 Å². The van der Waals surface area contributed by atoms with Crippen LogP contribution in [0.1, 0.15) is 5.56 Å². The number of rotatable bonds is 2. The molecule has 0 fully saturated rings. The summed E-state index contributed by atoms with van der Waals surface area (Å²) in [4.78, 5) is 4.42. The van der Waals surface area contributed by atoms with Gasteiger partial charge in [0.15, 0.2) is 0 Å². The van der Waals surface area contributed by atoms with Crippen molar-refractivity contribution in [3.8, 4) is 0 Å². The van der Waals surface area contributed by atoms with E-state index < -0.39 is 11.6 Å². The van der Waals surface area contributed by atoms with Gasteiger partial charge in [-0.25, -0.2) is 13.8 Å². The molecule has 0 saturated heterocycles. The lowest BCUT2D eigenvalue weighted by Crippen LogP contribution is -1.98. The quantitative estimate of drug-likeness (QED) is 0.738. The van der Waals surface area contributed by atoms with Gasteiger partial charge in [-0.2, -0.15) is 0 Å². The molecule has 0 aliphatic rings. The van der Waals surface area contributed by atoms with Gasteiger partial charge < -0.3 is 5.32 Å². The van der Waals surface area contributed by atoms with E-state index in [9.17, 15) is 8.78 Å². The molecule has 3 aromatic rings. The molecule has 0 radical (unpaired) electrons. The molecule has 0 saturated carbocycles. The van der Waals surface area contributed by atoms with Crippen LogP contribution in [-0.4, -0.2) is 4.98 Å². The number of nitrogens with zero attached hydrogens (tertiary/aromatic N) is 1. The van der Waals surface area contributed by atoms with Gasteiger partial charge in [-0.05, 0) is 36.8 Å². The van der Waals surface area contributed by atoms with Gasteiger partial charge in [-0.3, -0.25) is 0 Å². The lowest BCUT2D eigenvalue weighted by Gasteiger charge is -2.09. The third-order valence-electron chi connectivity index (χ3n) is 3.12. The number of aromatic nitrogens is 1. The van der Waals surface area contributed by atoms with Crippen LogP contribution in [0.2, 0.25) is 0 Å². The number of para-hydroxylation sites is 1. The van der Waals surface area contributed by atoms with E-state index in [2.05, 4.69) is 10.3 Å². The number of aryl methyl sites for hydroxylation is 1. The number of pyridine rings is 1. The zero-order valence-electron chi connectivity index (χ0n) is 10.8. The van der Waals surface area contributed by atoms with Crippen LogP contribution in [-0.2, 0) is 0 Å². The highest BCUT2D eigenvalue weighted by molar-refractivity contribution is 5.84. The molecule has 4 heteroatoms. The Morgan fingerprint density at radius 3 is 2.60 bits per heavy atom. The maximum absolute atomic E-state index is 13.6. The number of anilines is 2. The van der Waals surface area contributed by atoms with Crippen LogP contribution in [0.5, 0.6) is 0 Å². The minimum absolute atomic E-state index is 0.202. The molecule has 1 aromatic heterocycles. The summed E-state index contributed by atoms with van der Waals surface area (Å²) in [6, 6.07) is 13.0. The number of halogens is 2. The monoisotopic (exact) mass is 270 g/mol. The van der Waals surface area contributed by atoms with Crippen molar-refractivity contribution in [2.75, 3.05) is 5.32 Å². The Morgan fingerprint density at radius 2 is 1.80 bits per heavy atom. The fraction of sp³-hybridized carbons (Fsp3) is 0.0625. The Kier molecular flexibility index (Phi) is 3.06.